The molecular weight excluding hydrogens is 272 g/mol. The highest BCUT2D eigenvalue weighted by Gasteiger charge is 2.20. The van der Waals surface area contributed by atoms with Gasteiger partial charge in [-0.15, -0.1) is 11.3 Å². The van der Waals surface area contributed by atoms with E-state index in [1.807, 2.05) is 24.0 Å². The molecule has 0 unspecified atom stereocenters. The van der Waals surface area contributed by atoms with Crippen molar-refractivity contribution in [3.8, 4) is 0 Å². The molecule has 106 valence electrons. The van der Waals surface area contributed by atoms with Crippen molar-refractivity contribution >= 4 is 17.2 Å². The van der Waals surface area contributed by atoms with Crippen molar-refractivity contribution in [3.05, 3.63) is 45.5 Å². The zero-order valence-corrected chi connectivity index (χ0v) is 12.3. The number of hydrogen-bond acceptors (Lipinski definition) is 4. The minimum absolute atomic E-state index is 0.158. The number of carbonyl (C=O) groups excluding carboxylic acids is 1. The van der Waals surface area contributed by atoms with Crippen LogP contribution in [0.4, 0.5) is 0 Å². The summed E-state index contributed by atoms with van der Waals surface area (Å²) < 4.78 is 5.46. The van der Waals surface area contributed by atoms with Gasteiger partial charge in [-0.05, 0) is 42.5 Å². The fourth-order valence-corrected chi connectivity index (χ4v) is 3.34. The molecular formula is C15H18N2O2S. The molecule has 0 aromatic carbocycles. The number of hydrogen-bond donors (Lipinski definition) is 1. The topological polar surface area (TPSA) is 45.5 Å². The number of rotatable bonds is 4. The van der Waals surface area contributed by atoms with Gasteiger partial charge in [0.2, 0.25) is 5.91 Å². The normalized spacial score (nSPS) is 14.3. The Morgan fingerprint density at radius 2 is 2.35 bits per heavy atom. The van der Waals surface area contributed by atoms with Crippen LogP contribution in [0.5, 0.6) is 0 Å². The molecule has 0 atom stereocenters. The molecule has 1 aliphatic heterocycles. The van der Waals surface area contributed by atoms with Gasteiger partial charge in [0.05, 0.1) is 13.1 Å². The molecule has 0 saturated heterocycles. The van der Waals surface area contributed by atoms with Crippen LogP contribution in [0.2, 0.25) is 0 Å². The van der Waals surface area contributed by atoms with E-state index >= 15 is 0 Å². The predicted octanol–water partition coefficient (Wildman–Crippen LogP) is 2.32. The number of furan rings is 1. The number of amides is 1. The van der Waals surface area contributed by atoms with Crippen LogP contribution in [0, 0.1) is 6.92 Å². The summed E-state index contributed by atoms with van der Waals surface area (Å²) in [5.41, 5.74) is 1.30. The summed E-state index contributed by atoms with van der Waals surface area (Å²) in [6.45, 7) is 4.45. The molecule has 5 heteroatoms. The summed E-state index contributed by atoms with van der Waals surface area (Å²) in [6, 6.07) is 5.99. The Morgan fingerprint density at radius 1 is 1.45 bits per heavy atom. The van der Waals surface area contributed by atoms with E-state index in [-0.39, 0.29) is 5.91 Å². The summed E-state index contributed by atoms with van der Waals surface area (Å²) in [5, 5.41) is 5.25. The summed E-state index contributed by atoms with van der Waals surface area (Å²) >= 11 is 1.79. The van der Waals surface area contributed by atoms with Crippen molar-refractivity contribution in [3.63, 3.8) is 0 Å². The highest BCUT2D eigenvalue weighted by Crippen LogP contribution is 2.23. The molecule has 0 aliphatic carbocycles. The summed E-state index contributed by atoms with van der Waals surface area (Å²) in [7, 11) is 0. The van der Waals surface area contributed by atoms with Gasteiger partial charge < -0.3 is 14.6 Å². The Morgan fingerprint density at radius 3 is 3.15 bits per heavy atom. The molecule has 0 spiro atoms. The molecule has 20 heavy (non-hydrogen) atoms. The highest BCUT2D eigenvalue weighted by molar-refractivity contribution is 7.10. The maximum absolute atomic E-state index is 12.2. The molecule has 3 rings (SSSR count). The first-order chi connectivity index (χ1) is 9.72. The van der Waals surface area contributed by atoms with E-state index in [4.69, 9.17) is 4.42 Å². The monoisotopic (exact) mass is 290 g/mol. The molecule has 0 bridgehead atoms. The number of carbonyl (C=O) groups is 1. The van der Waals surface area contributed by atoms with E-state index in [0.29, 0.717) is 13.1 Å². The number of nitrogens with one attached hydrogen (secondary N) is 1. The van der Waals surface area contributed by atoms with Gasteiger partial charge in [-0.2, -0.15) is 0 Å². The Bertz CT molecular complexity index is 603. The summed E-state index contributed by atoms with van der Waals surface area (Å²) in [6.07, 6.45) is 0.982. The van der Waals surface area contributed by atoms with Crippen molar-refractivity contribution in [2.75, 3.05) is 13.1 Å². The smallest absolute Gasteiger partial charge is 0.236 e. The van der Waals surface area contributed by atoms with E-state index in [0.717, 1.165) is 31.0 Å². The Hall–Kier alpha value is -1.59. The SMILES string of the molecule is Cc1ccc(CNCC(=O)N2CCc3sccc3C2)o1. The van der Waals surface area contributed by atoms with Crippen molar-refractivity contribution < 1.29 is 9.21 Å². The van der Waals surface area contributed by atoms with E-state index in [9.17, 15) is 4.79 Å². The zero-order chi connectivity index (χ0) is 13.9. The number of nitrogens with zero attached hydrogens (tertiary/aromatic N) is 1. The lowest BCUT2D eigenvalue weighted by Gasteiger charge is -2.27. The quantitative estimate of drug-likeness (QED) is 0.940. The van der Waals surface area contributed by atoms with Crippen LogP contribution >= 0.6 is 11.3 Å². The largest absolute Gasteiger partial charge is 0.465 e. The van der Waals surface area contributed by atoms with Crippen molar-refractivity contribution in [2.24, 2.45) is 0 Å². The molecule has 4 nitrogen and oxygen atoms in total. The molecule has 0 radical (unpaired) electrons. The van der Waals surface area contributed by atoms with E-state index in [1.54, 1.807) is 11.3 Å². The lowest BCUT2D eigenvalue weighted by atomic mass is 10.1. The predicted molar refractivity (Wildman–Crippen MR) is 78.6 cm³/mol. The Kier molecular flexibility index (Phi) is 3.89. The van der Waals surface area contributed by atoms with Gasteiger partial charge in [-0.3, -0.25) is 4.79 Å². The molecule has 0 fully saturated rings. The number of thiophene rings is 1. The molecule has 1 aliphatic rings. The van der Waals surface area contributed by atoms with Gasteiger partial charge in [0.1, 0.15) is 11.5 Å². The summed E-state index contributed by atoms with van der Waals surface area (Å²) in [4.78, 5) is 15.5. The first kappa shape index (κ1) is 13.4. The van der Waals surface area contributed by atoms with Crippen LogP contribution in [0.3, 0.4) is 0 Å². The molecule has 1 amide bonds. The van der Waals surface area contributed by atoms with Crippen molar-refractivity contribution in [1.82, 2.24) is 10.2 Å². The van der Waals surface area contributed by atoms with Crippen LogP contribution in [0.1, 0.15) is 22.0 Å². The zero-order valence-electron chi connectivity index (χ0n) is 11.5. The van der Waals surface area contributed by atoms with Crippen LogP contribution in [-0.2, 0) is 24.3 Å². The Labute approximate surface area is 122 Å². The minimum atomic E-state index is 0.158. The molecule has 3 heterocycles. The second-order valence-corrected chi connectivity index (χ2v) is 6.05. The third-order valence-electron chi connectivity index (χ3n) is 3.53. The highest BCUT2D eigenvalue weighted by atomic mass is 32.1. The maximum Gasteiger partial charge on any atom is 0.236 e. The van der Waals surface area contributed by atoms with Crippen LogP contribution < -0.4 is 5.32 Å². The second kappa shape index (κ2) is 5.81. The van der Waals surface area contributed by atoms with Gasteiger partial charge in [-0.1, -0.05) is 0 Å². The van der Waals surface area contributed by atoms with Crippen molar-refractivity contribution in [1.29, 1.82) is 0 Å². The van der Waals surface area contributed by atoms with Gasteiger partial charge in [0.15, 0.2) is 0 Å². The van der Waals surface area contributed by atoms with Crippen LogP contribution in [0.15, 0.2) is 28.0 Å². The Balaban J connectivity index is 1.48. The molecule has 2 aromatic rings. The average molecular weight is 290 g/mol. The fourth-order valence-electron chi connectivity index (χ4n) is 2.45. The maximum atomic E-state index is 12.2. The van der Waals surface area contributed by atoms with Gasteiger partial charge in [0.25, 0.3) is 0 Å². The molecule has 2 aromatic heterocycles. The lowest BCUT2D eigenvalue weighted by molar-refractivity contribution is -0.131. The number of fused-ring (bicyclic) bond motifs is 1. The third-order valence-corrected chi connectivity index (χ3v) is 4.55. The molecule has 0 saturated carbocycles. The van der Waals surface area contributed by atoms with Crippen LogP contribution in [-0.4, -0.2) is 23.9 Å². The first-order valence-corrected chi connectivity index (χ1v) is 7.69. The molecule has 1 N–H and O–H groups in total. The third kappa shape index (κ3) is 2.94. The summed E-state index contributed by atoms with van der Waals surface area (Å²) in [5.74, 6) is 1.92. The lowest BCUT2D eigenvalue weighted by Crippen LogP contribution is -2.40. The van der Waals surface area contributed by atoms with E-state index < -0.39 is 0 Å². The van der Waals surface area contributed by atoms with Gasteiger partial charge in [-0.25, -0.2) is 0 Å². The van der Waals surface area contributed by atoms with Crippen molar-refractivity contribution in [2.45, 2.75) is 26.4 Å². The standard InChI is InChI=1S/C15H18N2O2S/c1-11-2-3-13(19-11)8-16-9-15(18)17-6-4-14-12(10-17)5-7-20-14/h2-3,5,7,16H,4,6,8-10H2,1H3. The minimum Gasteiger partial charge on any atom is -0.465 e. The van der Waals surface area contributed by atoms with Gasteiger partial charge in [0, 0.05) is 18.0 Å². The van der Waals surface area contributed by atoms with Crippen LogP contribution in [0.25, 0.3) is 0 Å². The second-order valence-electron chi connectivity index (χ2n) is 5.05. The average Bonchev–Trinajstić information content (AvgIpc) is 3.06. The first-order valence-electron chi connectivity index (χ1n) is 6.81. The van der Waals surface area contributed by atoms with Gasteiger partial charge >= 0.3 is 0 Å². The fraction of sp³-hybridized carbons (Fsp3) is 0.400. The van der Waals surface area contributed by atoms with E-state index in [1.165, 1.54) is 10.4 Å². The van der Waals surface area contributed by atoms with E-state index in [2.05, 4.69) is 16.8 Å². The number of aryl methyl sites for hydroxylation is 1.